The van der Waals surface area contributed by atoms with Crippen LogP contribution in [-0.4, -0.2) is 4.57 Å². The topological polar surface area (TPSA) is 4.93 Å². The van der Waals surface area contributed by atoms with E-state index in [-0.39, 0.29) is 5.41 Å². The first kappa shape index (κ1) is 26.8. The predicted octanol–water partition coefficient (Wildman–Crippen LogP) is 12.6. The van der Waals surface area contributed by atoms with Crippen LogP contribution in [0.2, 0.25) is 0 Å². The van der Waals surface area contributed by atoms with Gasteiger partial charge in [0.15, 0.2) is 0 Å². The summed E-state index contributed by atoms with van der Waals surface area (Å²) in [5, 5.41) is 10.8. The van der Waals surface area contributed by atoms with Gasteiger partial charge in [-0.3, -0.25) is 0 Å². The van der Waals surface area contributed by atoms with Gasteiger partial charge in [0.1, 0.15) is 0 Å². The van der Waals surface area contributed by atoms with Gasteiger partial charge in [0.25, 0.3) is 0 Å². The van der Waals surface area contributed by atoms with Crippen molar-refractivity contribution in [3.05, 3.63) is 149 Å². The molecule has 0 aliphatic heterocycles. The SMILES string of the molecule is Cc1cc(C)c(-c2ccc3cc4c5c(ccc6ccc2c3c65)C(C)(C)c2cc(-n3c5ccccc5c5ccccc53)ccc2-4)c(C)c1. The van der Waals surface area contributed by atoms with Crippen LogP contribution < -0.4 is 0 Å². The molecule has 1 heteroatoms. The summed E-state index contributed by atoms with van der Waals surface area (Å²) in [6, 6.07) is 46.1. The van der Waals surface area contributed by atoms with Gasteiger partial charge in [-0.15, -0.1) is 0 Å². The summed E-state index contributed by atoms with van der Waals surface area (Å²) in [5.41, 5.74) is 15.7. The van der Waals surface area contributed by atoms with Crippen LogP contribution in [0, 0.1) is 20.8 Å². The molecular formula is C46H35N. The number of hydrogen-bond donors (Lipinski definition) is 0. The molecule has 1 aromatic heterocycles. The molecule has 0 spiro atoms. The van der Waals surface area contributed by atoms with E-state index >= 15 is 0 Å². The summed E-state index contributed by atoms with van der Waals surface area (Å²) in [6.07, 6.45) is 0. The molecule has 9 aromatic rings. The minimum Gasteiger partial charge on any atom is -0.309 e. The lowest BCUT2D eigenvalue weighted by Gasteiger charge is -2.36. The van der Waals surface area contributed by atoms with Crippen molar-refractivity contribution in [1.82, 2.24) is 4.57 Å². The molecule has 1 aliphatic rings. The van der Waals surface area contributed by atoms with Crippen molar-refractivity contribution in [2.45, 2.75) is 40.0 Å². The number of benzene rings is 8. The van der Waals surface area contributed by atoms with E-state index in [1.54, 1.807) is 0 Å². The molecule has 0 saturated carbocycles. The van der Waals surface area contributed by atoms with Crippen LogP contribution >= 0.6 is 0 Å². The quantitative estimate of drug-likeness (QED) is 0.174. The Bertz CT molecular complexity index is 2710. The zero-order valence-corrected chi connectivity index (χ0v) is 27.5. The Morgan fingerprint density at radius 3 is 1.83 bits per heavy atom. The lowest BCUT2D eigenvalue weighted by Crippen LogP contribution is -2.24. The van der Waals surface area contributed by atoms with Crippen LogP contribution in [0.25, 0.3) is 82.1 Å². The van der Waals surface area contributed by atoms with E-state index in [9.17, 15) is 0 Å². The average molecular weight is 602 g/mol. The molecule has 0 radical (unpaired) electrons. The van der Waals surface area contributed by atoms with Crippen LogP contribution in [0.15, 0.2) is 121 Å². The third-order valence-electron chi connectivity index (χ3n) is 11.2. The molecule has 10 rings (SSSR count). The van der Waals surface area contributed by atoms with Gasteiger partial charge in [0, 0.05) is 21.9 Å². The summed E-state index contributed by atoms with van der Waals surface area (Å²) in [4.78, 5) is 0. The predicted molar refractivity (Wildman–Crippen MR) is 202 cm³/mol. The lowest BCUT2D eigenvalue weighted by molar-refractivity contribution is 0.645. The fourth-order valence-corrected chi connectivity index (χ4v) is 9.24. The summed E-state index contributed by atoms with van der Waals surface area (Å²) in [6.45, 7) is 11.5. The van der Waals surface area contributed by atoms with Crippen molar-refractivity contribution in [2.24, 2.45) is 0 Å². The van der Waals surface area contributed by atoms with Gasteiger partial charge in [-0.25, -0.2) is 0 Å². The molecule has 0 unspecified atom stereocenters. The average Bonchev–Trinajstić information content (AvgIpc) is 3.41. The van der Waals surface area contributed by atoms with Gasteiger partial charge in [-0.1, -0.05) is 110 Å². The minimum absolute atomic E-state index is 0.174. The highest BCUT2D eigenvalue weighted by Gasteiger charge is 2.35. The largest absolute Gasteiger partial charge is 0.309 e. The maximum atomic E-state index is 2.47. The minimum atomic E-state index is -0.174. The number of nitrogens with zero attached hydrogens (tertiary/aromatic N) is 1. The molecular weight excluding hydrogens is 567 g/mol. The first-order valence-corrected chi connectivity index (χ1v) is 16.8. The maximum Gasteiger partial charge on any atom is 0.0541 e. The van der Waals surface area contributed by atoms with Crippen molar-refractivity contribution in [1.29, 1.82) is 0 Å². The van der Waals surface area contributed by atoms with E-state index in [1.807, 2.05) is 0 Å². The van der Waals surface area contributed by atoms with E-state index in [0.717, 1.165) is 0 Å². The maximum absolute atomic E-state index is 2.47. The molecule has 0 saturated heterocycles. The highest BCUT2D eigenvalue weighted by atomic mass is 15.0. The van der Waals surface area contributed by atoms with E-state index in [0.29, 0.717) is 0 Å². The summed E-state index contributed by atoms with van der Waals surface area (Å²) < 4.78 is 2.45. The molecule has 1 aliphatic carbocycles. The number of aromatic nitrogens is 1. The highest BCUT2D eigenvalue weighted by Crippen LogP contribution is 2.53. The van der Waals surface area contributed by atoms with Crippen molar-refractivity contribution in [2.75, 3.05) is 0 Å². The van der Waals surface area contributed by atoms with E-state index in [2.05, 4.69) is 161 Å². The Hall–Kier alpha value is -5.40. The normalized spacial score (nSPS) is 13.8. The van der Waals surface area contributed by atoms with Gasteiger partial charge in [-0.05, 0) is 128 Å². The van der Waals surface area contributed by atoms with Crippen LogP contribution in [-0.2, 0) is 5.41 Å². The van der Waals surface area contributed by atoms with E-state index in [4.69, 9.17) is 0 Å². The highest BCUT2D eigenvalue weighted by molar-refractivity contribution is 6.29. The second-order valence-corrected chi connectivity index (χ2v) is 14.3. The van der Waals surface area contributed by atoms with Gasteiger partial charge >= 0.3 is 0 Å². The molecule has 1 heterocycles. The zero-order valence-electron chi connectivity index (χ0n) is 27.5. The van der Waals surface area contributed by atoms with E-state index in [1.165, 1.54) is 110 Å². The van der Waals surface area contributed by atoms with Gasteiger partial charge in [-0.2, -0.15) is 0 Å². The second-order valence-electron chi connectivity index (χ2n) is 14.3. The van der Waals surface area contributed by atoms with Crippen molar-refractivity contribution < 1.29 is 0 Å². The third kappa shape index (κ3) is 3.44. The van der Waals surface area contributed by atoms with Crippen molar-refractivity contribution in [3.63, 3.8) is 0 Å². The Morgan fingerprint density at radius 2 is 1.11 bits per heavy atom. The van der Waals surface area contributed by atoms with Gasteiger partial charge in [0.2, 0.25) is 0 Å². The number of fused-ring (bicyclic) bond motifs is 5. The van der Waals surface area contributed by atoms with Crippen molar-refractivity contribution >= 4 is 54.1 Å². The fourth-order valence-electron chi connectivity index (χ4n) is 9.24. The van der Waals surface area contributed by atoms with Crippen LogP contribution in [0.1, 0.15) is 41.7 Å². The van der Waals surface area contributed by atoms with Crippen LogP contribution in [0.4, 0.5) is 0 Å². The molecule has 0 atom stereocenters. The second kappa shape index (κ2) is 9.11. The smallest absolute Gasteiger partial charge is 0.0541 e. The molecule has 47 heavy (non-hydrogen) atoms. The Morgan fingerprint density at radius 1 is 0.468 bits per heavy atom. The number of hydrogen-bond acceptors (Lipinski definition) is 0. The first-order chi connectivity index (χ1) is 22.8. The molecule has 0 bridgehead atoms. The number of para-hydroxylation sites is 2. The molecule has 224 valence electrons. The number of rotatable bonds is 2. The van der Waals surface area contributed by atoms with E-state index < -0.39 is 0 Å². The Balaban J connectivity index is 1.27. The molecule has 0 amide bonds. The third-order valence-corrected chi connectivity index (χ3v) is 11.2. The molecule has 0 N–H and O–H groups in total. The zero-order chi connectivity index (χ0) is 31.8. The van der Waals surface area contributed by atoms with Crippen molar-refractivity contribution in [3.8, 4) is 27.9 Å². The summed E-state index contributed by atoms with van der Waals surface area (Å²) in [7, 11) is 0. The fraction of sp³-hybridized carbons (Fsp3) is 0.130. The van der Waals surface area contributed by atoms with Gasteiger partial charge in [0.05, 0.1) is 11.0 Å². The molecule has 0 fully saturated rings. The van der Waals surface area contributed by atoms with Crippen LogP contribution in [0.5, 0.6) is 0 Å². The first-order valence-electron chi connectivity index (χ1n) is 16.8. The monoisotopic (exact) mass is 601 g/mol. The summed E-state index contributed by atoms with van der Waals surface area (Å²) >= 11 is 0. The number of aryl methyl sites for hydroxylation is 3. The van der Waals surface area contributed by atoms with Crippen LogP contribution in [0.3, 0.4) is 0 Å². The summed E-state index contributed by atoms with van der Waals surface area (Å²) in [5.74, 6) is 0. The molecule has 1 nitrogen and oxygen atoms in total. The Kier molecular flexibility index (Phi) is 5.19. The Labute approximate surface area is 275 Å². The lowest BCUT2D eigenvalue weighted by atomic mass is 9.67. The standard InChI is InChI=1S/C46H35N/c1-26-22-27(2)42(28(3)23-26)35-19-15-30-24-37-32-20-17-31(47-40-12-8-6-10-33(40)34-11-7-9-13-41(34)47)25-39(32)46(4,5)38-21-16-29-14-18-36(35)43(30)44(29)45(37)38/h6-25H,1-5H3. The van der Waals surface area contributed by atoms with Gasteiger partial charge < -0.3 is 4.57 Å². The molecule has 8 aromatic carbocycles.